The van der Waals surface area contributed by atoms with Crippen LogP contribution in [-0.4, -0.2) is 25.0 Å². The molecule has 4 rings (SSSR count). The summed E-state index contributed by atoms with van der Waals surface area (Å²) in [6, 6.07) is 21.6. The van der Waals surface area contributed by atoms with Crippen LogP contribution in [0.15, 0.2) is 76.6 Å². The molecule has 0 fully saturated rings. The van der Waals surface area contributed by atoms with Gasteiger partial charge in [-0.25, -0.2) is 0 Å². The number of hydrogen-bond acceptors (Lipinski definition) is 5. The summed E-state index contributed by atoms with van der Waals surface area (Å²) in [6.45, 7) is 0. The average Bonchev–Trinajstić information content (AvgIpc) is 2.93. The summed E-state index contributed by atoms with van der Waals surface area (Å²) in [5.74, 6) is 1.63. The highest BCUT2D eigenvalue weighted by Crippen LogP contribution is 2.46. The number of ether oxygens (including phenoxy) is 2. The highest BCUT2D eigenvalue weighted by atomic mass is 32.2. The number of hydrogen-bond donors (Lipinski definition) is 1. The third-order valence-electron chi connectivity index (χ3n) is 4.75. The van der Waals surface area contributed by atoms with Gasteiger partial charge in [0.2, 0.25) is 0 Å². The largest absolute Gasteiger partial charge is 0.507 e. The van der Waals surface area contributed by atoms with E-state index in [-0.39, 0.29) is 11.0 Å². The molecule has 3 aromatic rings. The molecule has 4 nitrogen and oxygen atoms in total. The highest BCUT2D eigenvalue weighted by molar-refractivity contribution is 7.99. The van der Waals surface area contributed by atoms with Crippen molar-refractivity contribution in [2.45, 2.75) is 16.6 Å². The SMILES string of the molecule is COc1cccc([C@H]2CC(c3ccc(OC)cc3O)=Nc3ccccc3S2)c1. The predicted molar refractivity (Wildman–Crippen MR) is 114 cm³/mol. The molecule has 0 spiro atoms. The number of nitrogens with zero attached hydrogens (tertiary/aromatic N) is 1. The molecule has 0 radical (unpaired) electrons. The summed E-state index contributed by atoms with van der Waals surface area (Å²) in [5, 5.41) is 10.7. The van der Waals surface area contributed by atoms with E-state index >= 15 is 0 Å². The van der Waals surface area contributed by atoms with Crippen molar-refractivity contribution in [2.75, 3.05) is 14.2 Å². The topological polar surface area (TPSA) is 51.0 Å². The minimum Gasteiger partial charge on any atom is -0.507 e. The first-order valence-corrected chi connectivity index (χ1v) is 9.90. The van der Waals surface area contributed by atoms with Crippen LogP contribution in [0.2, 0.25) is 0 Å². The molecule has 1 aliphatic heterocycles. The summed E-state index contributed by atoms with van der Waals surface area (Å²) in [7, 11) is 3.26. The van der Waals surface area contributed by atoms with Crippen LogP contribution in [0.3, 0.4) is 0 Å². The van der Waals surface area contributed by atoms with Gasteiger partial charge in [0.05, 0.1) is 25.6 Å². The smallest absolute Gasteiger partial charge is 0.128 e. The lowest BCUT2D eigenvalue weighted by atomic mass is 10.00. The molecule has 0 saturated carbocycles. The number of phenols is 1. The Hall–Kier alpha value is -2.92. The minimum atomic E-state index is 0.152. The maximum atomic E-state index is 10.6. The van der Waals surface area contributed by atoms with E-state index in [2.05, 4.69) is 18.2 Å². The van der Waals surface area contributed by atoms with Crippen molar-refractivity contribution in [1.82, 2.24) is 0 Å². The van der Waals surface area contributed by atoms with Crippen LogP contribution in [0.1, 0.15) is 22.8 Å². The van der Waals surface area contributed by atoms with Crippen LogP contribution in [-0.2, 0) is 0 Å². The van der Waals surface area contributed by atoms with Crippen LogP contribution in [0.5, 0.6) is 17.2 Å². The lowest BCUT2D eigenvalue weighted by Gasteiger charge is -2.17. The van der Waals surface area contributed by atoms with Gasteiger partial charge in [-0.05, 0) is 42.0 Å². The van der Waals surface area contributed by atoms with Gasteiger partial charge in [0.15, 0.2) is 0 Å². The van der Waals surface area contributed by atoms with E-state index in [0.29, 0.717) is 12.2 Å². The number of para-hydroxylation sites is 1. The fourth-order valence-electron chi connectivity index (χ4n) is 3.29. The van der Waals surface area contributed by atoms with E-state index in [9.17, 15) is 5.11 Å². The fraction of sp³-hybridized carbons (Fsp3) is 0.174. The van der Waals surface area contributed by atoms with E-state index in [0.717, 1.165) is 27.6 Å². The zero-order valence-electron chi connectivity index (χ0n) is 15.8. The number of phenolic OH excluding ortho intramolecular Hbond substituents is 1. The van der Waals surface area contributed by atoms with Crippen LogP contribution in [0, 0.1) is 0 Å². The number of thioether (sulfide) groups is 1. The Morgan fingerprint density at radius 1 is 0.929 bits per heavy atom. The van der Waals surface area contributed by atoms with Gasteiger partial charge >= 0.3 is 0 Å². The molecule has 28 heavy (non-hydrogen) atoms. The number of methoxy groups -OCH3 is 2. The summed E-state index contributed by atoms with van der Waals surface area (Å²) < 4.78 is 10.6. The number of rotatable bonds is 4. The molecule has 0 bridgehead atoms. The molecule has 1 aliphatic rings. The van der Waals surface area contributed by atoms with Crippen LogP contribution < -0.4 is 9.47 Å². The van der Waals surface area contributed by atoms with Gasteiger partial charge in [-0.3, -0.25) is 4.99 Å². The van der Waals surface area contributed by atoms with Crippen molar-refractivity contribution < 1.29 is 14.6 Å². The first-order chi connectivity index (χ1) is 13.7. The molecular formula is C23H21NO3S. The van der Waals surface area contributed by atoms with Crippen molar-refractivity contribution >= 4 is 23.2 Å². The van der Waals surface area contributed by atoms with E-state index in [1.54, 1.807) is 32.0 Å². The first-order valence-electron chi connectivity index (χ1n) is 9.02. The third kappa shape index (κ3) is 3.71. The maximum absolute atomic E-state index is 10.6. The zero-order chi connectivity index (χ0) is 19.5. The Kier molecular flexibility index (Phi) is 5.26. The van der Waals surface area contributed by atoms with Crippen molar-refractivity contribution in [2.24, 2.45) is 4.99 Å². The Labute approximate surface area is 168 Å². The average molecular weight is 391 g/mol. The molecule has 1 N–H and O–H groups in total. The lowest BCUT2D eigenvalue weighted by molar-refractivity contribution is 0.407. The number of benzene rings is 3. The van der Waals surface area contributed by atoms with Gasteiger partial charge in [-0.2, -0.15) is 0 Å². The van der Waals surface area contributed by atoms with Gasteiger partial charge in [-0.1, -0.05) is 24.3 Å². The van der Waals surface area contributed by atoms with Crippen LogP contribution in [0.25, 0.3) is 0 Å². The van der Waals surface area contributed by atoms with Gasteiger partial charge < -0.3 is 14.6 Å². The van der Waals surface area contributed by atoms with Crippen molar-refractivity contribution in [3.8, 4) is 17.2 Å². The first kappa shape index (κ1) is 18.4. The van der Waals surface area contributed by atoms with Crippen LogP contribution in [0.4, 0.5) is 5.69 Å². The second-order valence-corrected chi connectivity index (χ2v) is 7.74. The fourth-order valence-corrected chi connectivity index (χ4v) is 4.51. The highest BCUT2D eigenvalue weighted by Gasteiger charge is 2.24. The number of aromatic hydroxyl groups is 1. The Balaban J connectivity index is 1.80. The molecule has 142 valence electrons. The third-order valence-corrected chi connectivity index (χ3v) is 6.07. The summed E-state index contributed by atoms with van der Waals surface area (Å²) >= 11 is 1.79. The van der Waals surface area contributed by atoms with Crippen molar-refractivity contribution in [3.05, 3.63) is 77.9 Å². The Morgan fingerprint density at radius 2 is 1.71 bits per heavy atom. The molecular weight excluding hydrogens is 370 g/mol. The van der Waals surface area contributed by atoms with Gasteiger partial charge in [0.1, 0.15) is 17.2 Å². The molecule has 1 heterocycles. The zero-order valence-corrected chi connectivity index (χ0v) is 16.6. The molecule has 0 aromatic heterocycles. The molecule has 0 aliphatic carbocycles. The van der Waals surface area contributed by atoms with E-state index in [4.69, 9.17) is 14.5 Å². The molecule has 3 aromatic carbocycles. The summed E-state index contributed by atoms with van der Waals surface area (Å²) in [5.41, 5.74) is 3.67. The number of aliphatic imine (C=N–C) groups is 1. The molecule has 1 atom stereocenters. The molecule has 5 heteroatoms. The maximum Gasteiger partial charge on any atom is 0.128 e. The van der Waals surface area contributed by atoms with Crippen molar-refractivity contribution in [1.29, 1.82) is 0 Å². The summed E-state index contributed by atoms with van der Waals surface area (Å²) in [6.07, 6.45) is 0.687. The minimum absolute atomic E-state index is 0.152. The summed E-state index contributed by atoms with van der Waals surface area (Å²) in [4.78, 5) is 6.03. The van der Waals surface area contributed by atoms with E-state index < -0.39 is 0 Å². The van der Waals surface area contributed by atoms with E-state index in [1.807, 2.05) is 42.5 Å². The normalized spacial score (nSPS) is 15.9. The second-order valence-electron chi connectivity index (χ2n) is 6.50. The van der Waals surface area contributed by atoms with Gasteiger partial charge in [0.25, 0.3) is 0 Å². The standard InChI is InChI=1S/C23H21NO3S/c1-26-16-7-5-6-15(12-16)23-14-20(18-11-10-17(27-2)13-21(18)25)24-19-8-3-4-9-22(19)28-23/h3-13,23,25H,14H2,1-2H3/t23-/m1/s1. The van der Waals surface area contributed by atoms with Gasteiger partial charge in [-0.15, -0.1) is 11.8 Å². The number of fused-ring (bicyclic) bond motifs is 1. The van der Waals surface area contributed by atoms with Gasteiger partial charge in [0, 0.05) is 28.2 Å². The Morgan fingerprint density at radius 3 is 2.50 bits per heavy atom. The molecule has 0 amide bonds. The van der Waals surface area contributed by atoms with Crippen LogP contribution >= 0.6 is 11.8 Å². The van der Waals surface area contributed by atoms with Crippen molar-refractivity contribution in [3.63, 3.8) is 0 Å². The molecule has 0 saturated heterocycles. The quantitative estimate of drug-likeness (QED) is 0.614. The second kappa shape index (κ2) is 7.98. The lowest BCUT2D eigenvalue weighted by Crippen LogP contribution is -2.06. The van der Waals surface area contributed by atoms with E-state index in [1.165, 1.54) is 5.56 Å². The predicted octanol–water partition coefficient (Wildman–Crippen LogP) is 5.77. The Bertz CT molecular complexity index is 1030. The molecule has 0 unspecified atom stereocenters. The monoisotopic (exact) mass is 391 g/mol.